The monoisotopic (exact) mass is 310 g/mol. The molecule has 2 atom stereocenters. The van der Waals surface area contributed by atoms with Crippen LogP contribution in [0.25, 0.3) is 0 Å². The van der Waals surface area contributed by atoms with E-state index in [1.165, 1.54) is 0 Å². The Bertz CT molecular complexity index is 287. The number of thiol groups is 1. The molecule has 0 spiro atoms. The van der Waals surface area contributed by atoms with Crippen molar-refractivity contribution in [1.29, 1.82) is 0 Å². The molecule has 0 bridgehead atoms. The van der Waals surface area contributed by atoms with Crippen LogP contribution >= 0.6 is 12.6 Å². The molecule has 0 aliphatic carbocycles. The van der Waals surface area contributed by atoms with E-state index in [1.54, 1.807) is 0 Å². The molecule has 120 valence electrons. The largest absolute Gasteiger partial charge is 0.480 e. The average Bonchev–Trinajstić information content (AvgIpc) is 2.45. The van der Waals surface area contributed by atoms with E-state index in [4.69, 9.17) is 15.9 Å². The van der Waals surface area contributed by atoms with Gasteiger partial charge in [-0.3, -0.25) is 9.59 Å². The Morgan fingerprint density at radius 2 is 1.55 bits per heavy atom. The van der Waals surface area contributed by atoms with E-state index in [-0.39, 0.29) is 18.6 Å². The number of aliphatic carboxylic acids is 2. The molecule has 0 aliphatic heterocycles. The van der Waals surface area contributed by atoms with Gasteiger partial charge in [-0.1, -0.05) is 27.7 Å². The summed E-state index contributed by atoms with van der Waals surface area (Å²) in [5, 5.41) is 19.3. The first-order valence-corrected chi connectivity index (χ1v) is 7.13. The van der Waals surface area contributed by atoms with Crippen molar-refractivity contribution in [3.63, 3.8) is 0 Å². The van der Waals surface area contributed by atoms with Gasteiger partial charge < -0.3 is 21.3 Å². The van der Waals surface area contributed by atoms with Crippen LogP contribution in [0.1, 0.15) is 40.5 Å². The summed E-state index contributed by atoms with van der Waals surface area (Å²) in [6.07, 6.45) is -0.175. The first-order valence-electron chi connectivity index (χ1n) is 6.50. The molecule has 7 nitrogen and oxygen atoms in total. The minimum absolute atomic E-state index is 0.0357. The zero-order chi connectivity index (χ0) is 16.7. The molecule has 0 aromatic carbocycles. The van der Waals surface area contributed by atoms with Gasteiger partial charge in [0.05, 0.1) is 0 Å². The first-order chi connectivity index (χ1) is 9.38. The number of carbonyl (C=O) groups is 3. The second kappa shape index (κ2) is 15.8. The van der Waals surface area contributed by atoms with Crippen molar-refractivity contribution in [2.24, 2.45) is 5.73 Å². The number of nitrogens with two attached hydrogens (primary N) is 1. The lowest BCUT2D eigenvalue weighted by atomic mass is 10.1. The highest BCUT2D eigenvalue weighted by Gasteiger charge is 2.19. The van der Waals surface area contributed by atoms with E-state index < -0.39 is 29.9 Å². The van der Waals surface area contributed by atoms with E-state index in [2.05, 4.69) is 17.9 Å². The van der Waals surface area contributed by atoms with E-state index in [1.807, 2.05) is 27.7 Å². The molecule has 0 aliphatic rings. The molecule has 0 heterocycles. The fraction of sp³-hybridized carbons (Fsp3) is 0.750. The van der Waals surface area contributed by atoms with E-state index in [0.29, 0.717) is 0 Å². The second-order valence-corrected chi connectivity index (χ2v) is 3.49. The molecule has 2 unspecified atom stereocenters. The Kier molecular flexibility index (Phi) is 18.8. The molecule has 0 saturated heterocycles. The summed E-state index contributed by atoms with van der Waals surface area (Å²) in [6.45, 7) is 8.00. The molecular weight excluding hydrogens is 284 g/mol. The molecule has 1 amide bonds. The van der Waals surface area contributed by atoms with Gasteiger partial charge in [0.15, 0.2) is 0 Å². The highest BCUT2D eigenvalue weighted by molar-refractivity contribution is 7.80. The van der Waals surface area contributed by atoms with Gasteiger partial charge in [-0.05, 0) is 6.42 Å². The molecular formula is C12H26N2O5S. The van der Waals surface area contributed by atoms with Gasteiger partial charge in [-0.2, -0.15) is 12.6 Å². The SMILES string of the molecule is CC.CC.NC(CCC(=O)NC(CS)C(=O)O)C(=O)O. The summed E-state index contributed by atoms with van der Waals surface area (Å²) >= 11 is 3.76. The van der Waals surface area contributed by atoms with Gasteiger partial charge in [-0.15, -0.1) is 0 Å². The highest BCUT2D eigenvalue weighted by atomic mass is 32.1. The fourth-order valence-corrected chi connectivity index (χ4v) is 1.11. The molecule has 0 saturated carbocycles. The number of carbonyl (C=O) groups excluding carboxylic acids is 1. The minimum atomic E-state index is -1.20. The zero-order valence-corrected chi connectivity index (χ0v) is 13.3. The van der Waals surface area contributed by atoms with E-state index >= 15 is 0 Å². The fourth-order valence-electron chi connectivity index (χ4n) is 0.862. The van der Waals surface area contributed by atoms with Crippen molar-refractivity contribution >= 4 is 30.5 Å². The smallest absolute Gasteiger partial charge is 0.327 e. The van der Waals surface area contributed by atoms with Crippen LogP contribution in [0, 0.1) is 0 Å². The highest BCUT2D eigenvalue weighted by Crippen LogP contribution is 1.97. The van der Waals surface area contributed by atoms with Crippen LogP contribution in [-0.4, -0.2) is 45.9 Å². The summed E-state index contributed by atoms with van der Waals surface area (Å²) < 4.78 is 0. The van der Waals surface area contributed by atoms with Crippen molar-refractivity contribution in [2.45, 2.75) is 52.6 Å². The maximum atomic E-state index is 11.2. The third-order valence-electron chi connectivity index (χ3n) is 1.82. The van der Waals surface area contributed by atoms with E-state index in [9.17, 15) is 14.4 Å². The van der Waals surface area contributed by atoms with Crippen LogP contribution < -0.4 is 11.1 Å². The van der Waals surface area contributed by atoms with Crippen molar-refractivity contribution in [3.05, 3.63) is 0 Å². The molecule has 8 heteroatoms. The van der Waals surface area contributed by atoms with Crippen LogP contribution in [0.4, 0.5) is 0 Å². The molecule has 0 radical (unpaired) electrons. The quantitative estimate of drug-likeness (QED) is 0.441. The molecule has 0 rings (SSSR count). The second-order valence-electron chi connectivity index (χ2n) is 3.12. The molecule has 5 N–H and O–H groups in total. The number of carboxylic acids is 2. The number of hydrogen-bond donors (Lipinski definition) is 5. The Hall–Kier alpha value is -1.28. The molecule has 0 aromatic heterocycles. The average molecular weight is 310 g/mol. The third kappa shape index (κ3) is 13.2. The van der Waals surface area contributed by atoms with Gasteiger partial charge >= 0.3 is 11.9 Å². The number of nitrogens with one attached hydrogen (secondary N) is 1. The predicted octanol–water partition coefficient (Wildman–Crippen LogP) is 0.730. The molecule has 20 heavy (non-hydrogen) atoms. The summed E-state index contributed by atoms with van der Waals surface area (Å²) in [7, 11) is 0. The topological polar surface area (TPSA) is 130 Å². The van der Waals surface area contributed by atoms with Gasteiger partial charge in [0.2, 0.25) is 5.91 Å². The summed E-state index contributed by atoms with van der Waals surface area (Å²) in [5.41, 5.74) is 5.18. The zero-order valence-electron chi connectivity index (χ0n) is 12.4. The first kappa shape index (κ1) is 23.8. The van der Waals surface area contributed by atoms with Crippen molar-refractivity contribution in [3.8, 4) is 0 Å². The Morgan fingerprint density at radius 3 is 1.85 bits per heavy atom. The normalized spacial score (nSPS) is 11.7. The standard InChI is InChI=1S/C8H14N2O5S.2C2H6/c9-4(7(12)13)1-2-6(11)10-5(3-16)8(14)15;2*1-2/h4-5,16H,1-3,9H2,(H,10,11)(H,12,13)(H,14,15);2*1-2H3. The van der Waals surface area contributed by atoms with Crippen molar-refractivity contribution in [2.75, 3.05) is 5.75 Å². The summed E-state index contributed by atoms with van der Waals surface area (Å²) in [6, 6.07) is -2.19. The lowest BCUT2D eigenvalue weighted by Gasteiger charge is -2.12. The van der Waals surface area contributed by atoms with Crippen molar-refractivity contribution in [1.82, 2.24) is 5.32 Å². The number of rotatable bonds is 7. The van der Waals surface area contributed by atoms with Crippen LogP contribution in [0.5, 0.6) is 0 Å². The van der Waals surface area contributed by atoms with Crippen molar-refractivity contribution < 1.29 is 24.6 Å². The predicted molar refractivity (Wildman–Crippen MR) is 81.0 cm³/mol. The Balaban J connectivity index is -0.000000656. The van der Waals surface area contributed by atoms with Gasteiger partial charge in [0.25, 0.3) is 0 Å². The van der Waals surface area contributed by atoms with Gasteiger partial charge in [0.1, 0.15) is 12.1 Å². The Morgan fingerprint density at radius 1 is 1.10 bits per heavy atom. The van der Waals surface area contributed by atoms with Gasteiger partial charge in [0, 0.05) is 12.2 Å². The molecule has 0 aromatic rings. The maximum absolute atomic E-state index is 11.2. The molecule has 0 fully saturated rings. The van der Waals surface area contributed by atoms with Crippen LogP contribution in [0.3, 0.4) is 0 Å². The lowest BCUT2D eigenvalue weighted by Crippen LogP contribution is -2.42. The van der Waals surface area contributed by atoms with Crippen LogP contribution in [-0.2, 0) is 14.4 Å². The third-order valence-corrected chi connectivity index (χ3v) is 2.18. The maximum Gasteiger partial charge on any atom is 0.327 e. The summed E-state index contributed by atoms with van der Waals surface area (Å²) in [4.78, 5) is 32.1. The number of hydrogen-bond acceptors (Lipinski definition) is 5. The van der Waals surface area contributed by atoms with Crippen LogP contribution in [0.2, 0.25) is 0 Å². The number of carboxylic acid groups (broad SMARTS) is 2. The Labute approximate surface area is 125 Å². The number of amides is 1. The minimum Gasteiger partial charge on any atom is -0.480 e. The lowest BCUT2D eigenvalue weighted by molar-refractivity contribution is -0.141. The van der Waals surface area contributed by atoms with Crippen LogP contribution in [0.15, 0.2) is 0 Å². The van der Waals surface area contributed by atoms with Gasteiger partial charge in [-0.25, -0.2) is 4.79 Å². The summed E-state index contributed by atoms with van der Waals surface area (Å²) in [5.74, 6) is -2.98. The van der Waals surface area contributed by atoms with E-state index in [0.717, 1.165) is 0 Å².